The third-order valence-electron chi connectivity index (χ3n) is 2.30. The smallest absolute Gasteiger partial charge is 0.271 e. The van der Waals surface area contributed by atoms with Gasteiger partial charge in [-0.3, -0.25) is 14.9 Å². The van der Waals surface area contributed by atoms with Crippen LogP contribution in [0.5, 0.6) is 0 Å². The van der Waals surface area contributed by atoms with Gasteiger partial charge in [0.2, 0.25) is 0 Å². The summed E-state index contributed by atoms with van der Waals surface area (Å²) < 4.78 is 1.33. The lowest BCUT2D eigenvalue weighted by Gasteiger charge is -1.99. The molecule has 0 fully saturated rings. The average molecular weight is 274 g/mol. The summed E-state index contributed by atoms with van der Waals surface area (Å²) in [5.41, 5.74) is 2.48. The van der Waals surface area contributed by atoms with E-state index in [0.29, 0.717) is 5.56 Å². The van der Waals surface area contributed by atoms with Crippen LogP contribution in [0.2, 0.25) is 0 Å². The number of carbonyl (C=O) groups is 1. The number of nitrogens with one attached hydrogen (secondary N) is 1. The maximum Gasteiger partial charge on any atom is 0.278 e. The van der Waals surface area contributed by atoms with Gasteiger partial charge in [-0.2, -0.15) is 10.2 Å². The van der Waals surface area contributed by atoms with Gasteiger partial charge in [-0.05, 0) is 6.07 Å². The van der Waals surface area contributed by atoms with E-state index in [9.17, 15) is 14.9 Å². The predicted octanol–water partition coefficient (Wildman–Crippen LogP) is 0.337. The van der Waals surface area contributed by atoms with Crippen molar-refractivity contribution in [2.45, 2.75) is 6.54 Å². The Balaban J connectivity index is 1.96. The van der Waals surface area contributed by atoms with Gasteiger partial charge in [-0.15, -0.1) is 0 Å². The summed E-state index contributed by atoms with van der Waals surface area (Å²) in [5.74, 6) is -0.412. The summed E-state index contributed by atoms with van der Waals surface area (Å²) in [5, 5.41) is 18.2. The first kappa shape index (κ1) is 13.3. The molecule has 102 valence electrons. The second-order valence-electron chi connectivity index (χ2n) is 3.70. The number of nitro benzene ring substituents is 1. The SMILES string of the molecule is O=C(Cn1cncn1)N/N=C/c1ccccc1[N+](=O)[O-]. The normalized spacial score (nSPS) is 10.6. The van der Waals surface area contributed by atoms with Crippen molar-refractivity contribution in [2.24, 2.45) is 5.10 Å². The summed E-state index contributed by atoms with van der Waals surface area (Å²) in [6, 6.07) is 6.09. The number of nitrogens with zero attached hydrogens (tertiary/aromatic N) is 5. The number of benzene rings is 1. The first-order valence-corrected chi connectivity index (χ1v) is 5.54. The minimum Gasteiger partial charge on any atom is -0.271 e. The van der Waals surface area contributed by atoms with Crippen LogP contribution in [-0.2, 0) is 11.3 Å². The number of hydrogen-bond donors (Lipinski definition) is 1. The fourth-order valence-corrected chi connectivity index (χ4v) is 1.43. The maximum atomic E-state index is 11.5. The van der Waals surface area contributed by atoms with Gasteiger partial charge in [0, 0.05) is 6.07 Å². The molecule has 0 radical (unpaired) electrons. The topological polar surface area (TPSA) is 115 Å². The lowest BCUT2D eigenvalue weighted by atomic mass is 10.2. The Labute approximate surface area is 113 Å². The molecule has 0 unspecified atom stereocenters. The number of aromatic nitrogens is 3. The molecule has 0 aliphatic carbocycles. The number of amides is 1. The van der Waals surface area contributed by atoms with E-state index in [-0.39, 0.29) is 12.2 Å². The lowest BCUT2D eigenvalue weighted by Crippen LogP contribution is -2.23. The molecule has 1 N–H and O–H groups in total. The second-order valence-corrected chi connectivity index (χ2v) is 3.70. The molecular formula is C11H10N6O3. The van der Waals surface area contributed by atoms with Gasteiger partial charge in [-0.25, -0.2) is 15.1 Å². The van der Waals surface area contributed by atoms with E-state index in [4.69, 9.17) is 0 Å². The van der Waals surface area contributed by atoms with Crippen molar-refractivity contribution in [2.75, 3.05) is 0 Å². The van der Waals surface area contributed by atoms with Crippen LogP contribution in [-0.4, -0.2) is 31.8 Å². The van der Waals surface area contributed by atoms with Crippen molar-refractivity contribution in [1.82, 2.24) is 20.2 Å². The molecule has 1 heterocycles. The number of carbonyl (C=O) groups excluding carboxylic acids is 1. The highest BCUT2D eigenvalue weighted by Gasteiger charge is 2.10. The number of nitro groups is 1. The van der Waals surface area contributed by atoms with Crippen molar-refractivity contribution >= 4 is 17.8 Å². The number of hydrazone groups is 1. The summed E-state index contributed by atoms with van der Waals surface area (Å²) in [7, 11) is 0. The average Bonchev–Trinajstić information content (AvgIpc) is 2.92. The fourth-order valence-electron chi connectivity index (χ4n) is 1.43. The number of hydrogen-bond acceptors (Lipinski definition) is 6. The lowest BCUT2D eigenvalue weighted by molar-refractivity contribution is -0.385. The van der Waals surface area contributed by atoms with E-state index in [0.717, 1.165) is 0 Å². The maximum absolute atomic E-state index is 11.5. The molecule has 2 aromatic rings. The third-order valence-corrected chi connectivity index (χ3v) is 2.30. The van der Waals surface area contributed by atoms with Crippen molar-refractivity contribution in [3.05, 3.63) is 52.6 Å². The van der Waals surface area contributed by atoms with Crippen molar-refractivity contribution in [1.29, 1.82) is 0 Å². The van der Waals surface area contributed by atoms with E-state index >= 15 is 0 Å². The number of rotatable bonds is 5. The van der Waals surface area contributed by atoms with Crippen LogP contribution < -0.4 is 5.43 Å². The van der Waals surface area contributed by atoms with Gasteiger partial charge in [-0.1, -0.05) is 12.1 Å². The zero-order valence-electron chi connectivity index (χ0n) is 10.2. The molecule has 1 aromatic carbocycles. The molecule has 1 aromatic heterocycles. The van der Waals surface area contributed by atoms with Gasteiger partial charge in [0.1, 0.15) is 19.2 Å². The predicted molar refractivity (Wildman–Crippen MR) is 68.9 cm³/mol. The molecule has 1 amide bonds. The van der Waals surface area contributed by atoms with Gasteiger partial charge in [0.15, 0.2) is 0 Å². The largest absolute Gasteiger partial charge is 0.278 e. The summed E-state index contributed by atoms with van der Waals surface area (Å²) in [6.45, 7) is -0.0335. The minimum atomic E-state index is -0.515. The first-order chi connectivity index (χ1) is 9.66. The molecule has 9 heteroatoms. The molecule has 0 aliphatic rings. The Morgan fingerprint density at radius 2 is 2.30 bits per heavy atom. The van der Waals surface area contributed by atoms with E-state index in [2.05, 4.69) is 20.6 Å². The van der Waals surface area contributed by atoms with E-state index < -0.39 is 10.8 Å². The highest BCUT2D eigenvalue weighted by Crippen LogP contribution is 2.14. The Bertz CT molecular complexity index is 637. The molecule has 20 heavy (non-hydrogen) atoms. The summed E-state index contributed by atoms with van der Waals surface area (Å²) >= 11 is 0. The van der Waals surface area contributed by atoms with Gasteiger partial charge < -0.3 is 0 Å². The summed E-state index contributed by atoms with van der Waals surface area (Å²) in [4.78, 5) is 25.4. The molecule has 9 nitrogen and oxygen atoms in total. The monoisotopic (exact) mass is 274 g/mol. The van der Waals surface area contributed by atoms with Crippen molar-refractivity contribution in [3.63, 3.8) is 0 Å². The Kier molecular flexibility index (Phi) is 4.12. The zero-order valence-corrected chi connectivity index (χ0v) is 10.2. The van der Waals surface area contributed by atoms with Gasteiger partial charge >= 0.3 is 0 Å². The van der Waals surface area contributed by atoms with Crippen molar-refractivity contribution in [3.8, 4) is 0 Å². The molecule has 0 atom stereocenters. The molecule has 0 spiro atoms. The molecule has 2 rings (SSSR count). The second kappa shape index (κ2) is 6.18. The van der Waals surface area contributed by atoms with Crippen LogP contribution in [0, 0.1) is 10.1 Å². The Morgan fingerprint density at radius 3 is 3.00 bits per heavy atom. The third kappa shape index (κ3) is 3.45. The van der Waals surface area contributed by atoms with Crippen molar-refractivity contribution < 1.29 is 9.72 Å². The molecular weight excluding hydrogens is 264 g/mol. The fraction of sp³-hybridized carbons (Fsp3) is 0.0909. The van der Waals surface area contributed by atoms with E-state index in [1.807, 2.05) is 0 Å². The van der Waals surface area contributed by atoms with Gasteiger partial charge in [0.05, 0.1) is 16.7 Å². The van der Waals surface area contributed by atoms with Crippen LogP contribution in [0.4, 0.5) is 5.69 Å². The molecule has 0 saturated heterocycles. The first-order valence-electron chi connectivity index (χ1n) is 5.54. The quantitative estimate of drug-likeness (QED) is 0.479. The van der Waals surface area contributed by atoms with Gasteiger partial charge in [0.25, 0.3) is 11.6 Å². The van der Waals surface area contributed by atoms with Crippen LogP contribution >= 0.6 is 0 Å². The minimum absolute atomic E-state index is 0.0335. The molecule has 0 aliphatic heterocycles. The van der Waals surface area contributed by atoms with E-state index in [1.54, 1.807) is 12.1 Å². The van der Waals surface area contributed by atoms with Crippen LogP contribution in [0.15, 0.2) is 42.0 Å². The van der Waals surface area contributed by atoms with Crippen LogP contribution in [0.25, 0.3) is 0 Å². The molecule has 0 saturated carbocycles. The Morgan fingerprint density at radius 1 is 1.50 bits per heavy atom. The highest BCUT2D eigenvalue weighted by molar-refractivity contribution is 5.86. The zero-order chi connectivity index (χ0) is 14.4. The molecule has 0 bridgehead atoms. The van der Waals surface area contributed by atoms with Crippen LogP contribution in [0.3, 0.4) is 0 Å². The highest BCUT2D eigenvalue weighted by atomic mass is 16.6. The Hall–Kier alpha value is -3.10. The summed E-state index contributed by atoms with van der Waals surface area (Å²) in [6.07, 6.45) is 3.92. The van der Waals surface area contributed by atoms with E-state index in [1.165, 1.54) is 35.7 Å². The van der Waals surface area contributed by atoms with Crippen LogP contribution in [0.1, 0.15) is 5.56 Å². The number of para-hydroxylation sites is 1. The standard InChI is InChI=1S/C11H10N6O3/c18-11(6-16-8-12-7-14-16)15-13-5-9-3-1-2-4-10(9)17(19)20/h1-5,7-8H,6H2,(H,15,18)/b13-5+.